The summed E-state index contributed by atoms with van der Waals surface area (Å²) in [4.78, 5) is 0. The molecule has 1 heterocycles. The molecule has 0 atom stereocenters. The Hall–Kier alpha value is -1.49. The van der Waals surface area contributed by atoms with Crippen LogP contribution in [-0.4, -0.2) is 9.78 Å². The van der Waals surface area contributed by atoms with Crippen LogP contribution in [0.3, 0.4) is 0 Å². The molecule has 1 aromatic carbocycles. The zero-order chi connectivity index (χ0) is 15.0. The first-order valence-electron chi connectivity index (χ1n) is 6.69. The Labute approximate surface area is 128 Å². The van der Waals surface area contributed by atoms with E-state index < -0.39 is 0 Å². The Kier molecular flexibility index (Phi) is 4.09. The minimum absolute atomic E-state index is 0.254. The maximum atomic E-state index is 6.16. The highest BCUT2D eigenvalue weighted by Gasteiger charge is 2.16. The van der Waals surface area contributed by atoms with Gasteiger partial charge in [-0.3, -0.25) is 0 Å². The van der Waals surface area contributed by atoms with Gasteiger partial charge in [-0.05, 0) is 57.9 Å². The SMILES string of the molecule is Cc1cc(Br)cc(C)c1Nc1c(N)c(C)nn1C(C)C. The van der Waals surface area contributed by atoms with E-state index in [2.05, 4.69) is 66.2 Å². The second kappa shape index (κ2) is 5.48. The Balaban J connectivity index is 2.50. The van der Waals surface area contributed by atoms with Crippen molar-refractivity contribution in [1.82, 2.24) is 9.78 Å². The molecule has 0 unspecified atom stereocenters. The minimum Gasteiger partial charge on any atom is -0.394 e. The van der Waals surface area contributed by atoms with E-state index in [1.165, 1.54) is 11.1 Å². The first-order valence-corrected chi connectivity index (χ1v) is 7.49. The molecule has 0 aliphatic heterocycles. The fourth-order valence-corrected chi connectivity index (χ4v) is 2.97. The van der Waals surface area contributed by atoms with E-state index in [4.69, 9.17) is 5.73 Å². The average Bonchev–Trinajstić information content (AvgIpc) is 2.61. The van der Waals surface area contributed by atoms with Crippen LogP contribution in [0.5, 0.6) is 0 Å². The van der Waals surface area contributed by atoms with Crippen LogP contribution in [0.4, 0.5) is 17.2 Å². The van der Waals surface area contributed by atoms with Gasteiger partial charge in [-0.2, -0.15) is 5.10 Å². The van der Waals surface area contributed by atoms with Crippen molar-refractivity contribution >= 4 is 33.1 Å². The number of nitrogens with one attached hydrogen (secondary N) is 1. The van der Waals surface area contributed by atoms with Gasteiger partial charge < -0.3 is 11.1 Å². The van der Waals surface area contributed by atoms with Gasteiger partial charge in [0.2, 0.25) is 0 Å². The summed E-state index contributed by atoms with van der Waals surface area (Å²) in [5, 5.41) is 7.96. The van der Waals surface area contributed by atoms with Crippen molar-refractivity contribution in [3.05, 3.63) is 33.4 Å². The van der Waals surface area contributed by atoms with Crippen molar-refractivity contribution in [2.45, 2.75) is 40.7 Å². The van der Waals surface area contributed by atoms with Gasteiger partial charge >= 0.3 is 0 Å². The van der Waals surface area contributed by atoms with Crippen LogP contribution >= 0.6 is 15.9 Å². The van der Waals surface area contributed by atoms with Crippen LogP contribution in [-0.2, 0) is 0 Å². The predicted octanol–water partition coefficient (Wildman–Crippen LogP) is 4.48. The first kappa shape index (κ1) is 14.9. The van der Waals surface area contributed by atoms with Gasteiger partial charge in [-0.15, -0.1) is 0 Å². The molecule has 0 radical (unpaired) electrons. The maximum Gasteiger partial charge on any atom is 0.152 e. The molecule has 20 heavy (non-hydrogen) atoms. The number of rotatable bonds is 3. The maximum absolute atomic E-state index is 6.16. The fourth-order valence-electron chi connectivity index (χ4n) is 2.28. The number of benzene rings is 1. The third kappa shape index (κ3) is 2.68. The molecule has 5 heteroatoms. The quantitative estimate of drug-likeness (QED) is 0.868. The van der Waals surface area contributed by atoms with Crippen molar-refractivity contribution in [1.29, 1.82) is 0 Å². The summed E-state index contributed by atoms with van der Waals surface area (Å²) in [5.41, 5.74) is 11.2. The van der Waals surface area contributed by atoms with Gasteiger partial charge in [0.25, 0.3) is 0 Å². The van der Waals surface area contributed by atoms with E-state index >= 15 is 0 Å². The second-order valence-corrected chi connectivity index (χ2v) is 6.34. The zero-order valence-corrected chi connectivity index (χ0v) is 14.2. The van der Waals surface area contributed by atoms with Crippen molar-refractivity contribution in [3.8, 4) is 0 Å². The smallest absolute Gasteiger partial charge is 0.152 e. The van der Waals surface area contributed by atoms with Crippen LogP contribution < -0.4 is 11.1 Å². The van der Waals surface area contributed by atoms with Gasteiger partial charge in [0, 0.05) is 16.2 Å². The van der Waals surface area contributed by atoms with E-state index in [9.17, 15) is 0 Å². The summed E-state index contributed by atoms with van der Waals surface area (Å²) in [6.45, 7) is 10.3. The molecule has 1 aromatic heterocycles. The summed E-state index contributed by atoms with van der Waals surface area (Å²) in [5.74, 6) is 0.867. The number of nitrogen functional groups attached to an aromatic ring is 1. The summed E-state index contributed by atoms with van der Waals surface area (Å²) in [7, 11) is 0. The van der Waals surface area contributed by atoms with Crippen molar-refractivity contribution < 1.29 is 0 Å². The Bertz CT molecular complexity index is 621. The average molecular weight is 337 g/mol. The summed E-state index contributed by atoms with van der Waals surface area (Å²) < 4.78 is 3.02. The van der Waals surface area contributed by atoms with Gasteiger partial charge in [0.15, 0.2) is 5.82 Å². The normalized spacial score (nSPS) is 11.2. The minimum atomic E-state index is 0.254. The van der Waals surface area contributed by atoms with E-state index in [-0.39, 0.29) is 6.04 Å². The molecule has 0 aliphatic rings. The molecule has 0 aliphatic carbocycles. The highest BCUT2D eigenvalue weighted by Crippen LogP contribution is 2.33. The second-order valence-electron chi connectivity index (χ2n) is 5.43. The number of nitrogens with two attached hydrogens (primary N) is 1. The van der Waals surface area contributed by atoms with Crippen molar-refractivity contribution in [2.75, 3.05) is 11.1 Å². The molecule has 0 fully saturated rings. The van der Waals surface area contributed by atoms with E-state index in [0.29, 0.717) is 5.69 Å². The van der Waals surface area contributed by atoms with Crippen LogP contribution in [0.25, 0.3) is 0 Å². The molecule has 108 valence electrons. The number of hydrogen-bond acceptors (Lipinski definition) is 3. The molecule has 3 N–H and O–H groups in total. The fraction of sp³-hybridized carbons (Fsp3) is 0.400. The predicted molar refractivity (Wildman–Crippen MR) is 88.7 cm³/mol. The van der Waals surface area contributed by atoms with Crippen LogP contribution in [0.15, 0.2) is 16.6 Å². The Morgan fingerprint density at radius 2 is 1.75 bits per heavy atom. The first-order chi connectivity index (χ1) is 9.31. The molecular weight excluding hydrogens is 316 g/mol. The van der Waals surface area contributed by atoms with Crippen molar-refractivity contribution in [3.63, 3.8) is 0 Å². The van der Waals surface area contributed by atoms with Crippen molar-refractivity contribution in [2.24, 2.45) is 0 Å². The summed E-state index contributed by atoms with van der Waals surface area (Å²) >= 11 is 3.52. The third-order valence-electron chi connectivity index (χ3n) is 3.36. The topological polar surface area (TPSA) is 55.9 Å². The Morgan fingerprint density at radius 1 is 1.20 bits per heavy atom. The lowest BCUT2D eigenvalue weighted by molar-refractivity contribution is 0.536. The summed E-state index contributed by atoms with van der Waals surface area (Å²) in [6.07, 6.45) is 0. The molecule has 4 nitrogen and oxygen atoms in total. The molecular formula is C15H21BrN4. The van der Waals surface area contributed by atoms with Gasteiger partial charge in [-0.1, -0.05) is 15.9 Å². The van der Waals surface area contributed by atoms with Gasteiger partial charge in [0.1, 0.15) is 0 Å². The number of nitrogens with zero attached hydrogens (tertiary/aromatic N) is 2. The van der Waals surface area contributed by atoms with Crippen LogP contribution in [0, 0.1) is 20.8 Å². The van der Waals surface area contributed by atoms with Crippen LogP contribution in [0.2, 0.25) is 0 Å². The largest absolute Gasteiger partial charge is 0.394 e. The highest BCUT2D eigenvalue weighted by atomic mass is 79.9. The van der Waals surface area contributed by atoms with E-state index in [1.54, 1.807) is 0 Å². The Morgan fingerprint density at radius 3 is 2.25 bits per heavy atom. The molecule has 0 bridgehead atoms. The molecule has 2 aromatic rings. The third-order valence-corrected chi connectivity index (χ3v) is 3.82. The number of halogens is 1. The lowest BCUT2D eigenvalue weighted by Crippen LogP contribution is -2.09. The molecule has 2 rings (SSSR count). The standard InChI is InChI=1S/C15H21BrN4/c1-8(2)20-15(13(17)11(5)19-20)18-14-9(3)6-12(16)7-10(14)4/h6-8,18H,17H2,1-5H3. The number of aryl methyl sites for hydroxylation is 3. The number of aromatic nitrogens is 2. The molecule has 0 amide bonds. The van der Waals surface area contributed by atoms with E-state index in [1.807, 2.05) is 11.6 Å². The van der Waals surface area contributed by atoms with Crippen LogP contribution in [0.1, 0.15) is 36.7 Å². The summed E-state index contributed by atoms with van der Waals surface area (Å²) in [6, 6.07) is 4.44. The molecule has 0 spiro atoms. The molecule has 0 saturated carbocycles. The number of anilines is 3. The molecule has 0 saturated heterocycles. The highest BCUT2D eigenvalue weighted by molar-refractivity contribution is 9.10. The monoisotopic (exact) mass is 336 g/mol. The zero-order valence-electron chi connectivity index (χ0n) is 12.6. The van der Waals surface area contributed by atoms with E-state index in [0.717, 1.165) is 21.7 Å². The number of hydrogen-bond donors (Lipinski definition) is 2. The lowest BCUT2D eigenvalue weighted by atomic mass is 10.1. The van der Waals surface area contributed by atoms with Gasteiger partial charge in [0.05, 0.1) is 11.4 Å². The lowest BCUT2D eigenvalue weighted by Gasteiger charge is -2.17. The van der Waals surface area contributed by atoms with Gasteiger partial charge in [-0.25, -0.2) is 4.68 Å².